The van der Waals surface area contributed by atoms with E-state index in [1.54, 1.807) is 0 Å². The summed E-state index contributed by atoms with van der Waals surface area (Å²) in [5.41, 5.74) is 16.3. The Labute approximate surface area is 343 Å². The van der Waals surface area contributed by atoms with Gasteiger partial charge < -0.3 is 4.90 Å². The maximum absolute atomic E-state index is 4.33. The van der Waals surface area contributed by atoms with Gasteiger partial charge in [-0.05, 0) is 109 Å². The number of anilines is 3. The SMILES string of the molecule is C=C1/C=C\C=C(\c2ccc(N(c3ccc(-c4ccccc4)cc3)c3ccc(-c4ccccc4C(C)(C)C)cc3)cc2)SC2=C(/C=C\C1=C)C(C)(C)c1ccccc12. The van der Waals surface area contributed by atoms with Crippen LogP contribution in [0.5, 0.6) is 0 Å². The van der Waals surface area contributed by atoms with Gasteiger partial charge in [0.05, 0.1) is 0 Å². The van der Waals surface area contributed by atoms with E-state index >= 15 is 0 Å². The third-order valence-electron chi connectivity index (χ3n) is 11.2. The minimum atomic E-state index is -0.144. The van der Waals surface area contributed by atoms with Gasteiger partial charge in [0.1, 0.15) is 0 Å². The lowest BCUT2D eigenvalue weighted by Gasteiger charge is -2.27. The first-order chi connectivity index (χ1) is 27.5. The number of hydrogen-bond acceptors (Lipinski definition) is 2. The van der Waals surface area contributed by atoms with Gasteiger partial charge in [0.25, 0.3) is 0 Å². The van der Waals surface area contributed by atoms with Crippen LogP contribution in [0, 0.1) is 0 Å². The summed E-state index contributed by atoms with van der Waals surface area (Å²) in [7, 11) is 0. The highest BCUT2D eigenvalue weighted by Gasteiger charge is 2.37. The van der Waals surface area contributed by atoms with E-state index in [1.807, 2.05) is 11.8 Å². The zero-order valence-corrected chi connectivity index (χ0v) is 34.4. The average Bonchev–Trinajstić information content (AvgIpc) is 3.43. The van der Waals surface area contributed by atoms with Crippen LogP contribution in [0.25, 0.3) is 32.1 Å². The van der Waals surface area contributed by atoms with E-state index in [-0.39, 0.29) is 10.8 Å². The highest BCUT2D eigenvalue weighted by atomic mass is 32.2. The van der Waals surface area contributed by atoms with Gasteiger partial charge >= 0.3 is 0 Å². The molecule has 2 heteroatoms. The van der Waals surface area contributed by atoms with Crippen LogP contribution in [-0.2, 0) is 10.8 Å². The van der Waals surface area contributed by atoms with Crippen molar-refractivity contribution < 1.29 is 0 Å². The van der Waals surface area contributed by atoms with Crippen LogP contribution >= 0.6 is 11.8 Å². The zero-order valence-electron chi connectivity index (χ0n) is 33.6. The monoisotopic (exact) mass is 755 g/mol. The molecule has 1 aliphatic heterocycles. The molecule has 1 heterocycles. The molecule has 8 rings (SSSR count). The molecule has 0 atom stereocenters. The Kier molecular flexibility index (Phi) is 10.2. The molecule has 0 bridgehead atoms. The minimum absolute atomic E-state index is 0.0375. The van der Waals surface area contributed by atoms with Gasteiger partial charge in [-0.1, -0.05) is 199 Å². The fourth-order valence-corrected chi connectivity index (χ4v) is 9.32. The summed E-state index contributed by atoms with van der Waals surface area (Å²) in [6, 6.07) is 55.1. The molecule has 0 saturated heterocycles. The molecule has 1 nitrogen and oxygen atoms in total. The first kappa shape index (κ1) is 37.8. The lowest BCUT2D eigenvalue weighted by molar-refractivity contribution is 0.592. The van der Waals surface area contributed by atoms with Crippen molar-refractivity contribution in [3.63, 3.8) is 0 Å². The number of nitrogens with zero attached hydrogens (tertiary/aromatic N) is 1. The molecule has 57 heavy (non-hydrogen) atoms. The quantitative estimate of drug-likeness (QED) is 0.167. The van der Waals surface area contributed by atoms with Gasteiger partial charge in [-0.3, -0.25) is 0 Å². The number of benzene rings is 6. The van der Waals surface area contributed by atoms with Crippen LogP contribution in [0.3, 0.4) is 0 Å². The Balaban J connectivity index is 1.20. The smallest absolute Gasteiger partial charge is 0.0462 e. The van der Waals surface area contributed by atoms with Crippen molar-refractivity contribution in [1.29, 1.82) is 0 Å². The van der Waals surface area contributed by atoms with Gasteiger partial charge in [0.2, 0.25) is 0 Å². The summed E-state index contributed by atoms with van der Waals surface area (Å²) in [5, 5.41) is 0. The van der Waals surface area contributed by atoms with Gasteiger partial charge in [-0.25, -0.2) is 0 Å². The Morgan fingerprint density at radius 2 is 1.02 bits per heavy atom. The van der Waals surface area contributed by atoms with Crippen LogP contribution < -0.4 is 4.90 Å². The van der Waals surface area contributed by atoms with Crippen molar-refractivity contribution in [2.75, 3.05) is 4.90 Å². The maximum Gasteiger partial charge on any atom is 0.0462 e. The Bertz CT molecular complexity index is 2590. The highest BCUT2D eigenvalue weighted by Crippen LogP contribution is 2.54. The van der Waals surface area contributed by atoms with E-state index in [0.717, 1.165) is 33.8 Å². The predicted octanol–water partition coefficient (Wildman–Crippen LogP) is 15.8. The topological polar surface area (TPSA) is 3.24 Å². The third-order valence-corrected chi connectivity index (χ3v) is 12.4. The van der Waals surface area contributed by atoms with E-state index in [0.29, 0.717) is 0 Å². The number of thioether (sulfide) groups is 1. The van der Waals surface area contributed by atoms with Crippen LogP contribution in [0.1, 0.15) is 56.9 Å². The van der Waals surface area contributed by atoms with E-state index in [9.17, 15) is 0 Å². The first-order valence-electron chi connectivity index (χ1n) is 19.7. The van der Waals surface area contributed by atoms with E-state index in [4.69, 9.17) is 0 Å². The van der Waals surface area contributed by atoms with Crippen molar-refractivity contribution >= 4 is 38.6 Å². The average molecular weight is 756 g/mol. The number of allylic oxidation sites excluding steroid dienone is 8. The Morgan fingerprint density at radius 3 is 1.65 bits per heavy atom. The lowest BCUT2D eigenvalue weighted by atomic mass is 9.81. The molecule has 280 valence electrons. The molecule has 0 aromatic heterocycles. The highest BCUT2D eigenvalue weighted by molar-refractivity contribution is 8.16. The summed E-state index contributed by atoms with van der Waals surface area (Å²) in [4.78, 5) is 4.81. The summed E-state index contributed by atoms with van der Waals surface area (Å²) < 4.78 is 0. The summed E-state index contributed by atoms with van der Waals surface area (Å²) in [5.74, 6) is 0. The fraction of sp³-hybridized carbons (Fsp3) is 0.127. The van der Waals surface area contributed by atoms with E-state index in [2.05, 4.69) is 235 Å². The normalized spacial score (nSPS) is 17.2. The molecule has 0 amide bonds. The molecule has 6 aromatic carbocycles. The largest absolute Gasteiger partial charge is 0.311 e. The second kappa shape index (κ2) is 15.4. The third kappa shape index (κ3) is 7.58. The van der Waals surface area contributed by atoms with Crippen molar-refractivity contribution in [2.24, 2.45) is 0 Å². The number of fused-ring (bicyclic) bond motifs is 2. The van der Waals surface area contributed by atoms with Crippen LogP contribution in [0.2, 0.25) is 0 Å². The molecule has 0 N–H and O–H groups in total. The number of hydrogen-bond donors (Lipinski definition) is 0. The van der Waals surface area contributed by atoms with Gasteiger partial charge in [0.15, 0.2) is 0 Å². The summed E-state index contributed by atoms with van der Waals surface area (Å²) in [6.07, 6.45) is 10.8. The fourth-order valence-electron chi connectivity index (χ4n) is 7.98. The second-order valence-corrected chi connectivity index (χ2v) is 17.5. The zero-order chi connectivity index (χ0) is 39.7. The van der Waals surface area contributed by atoms with Crippen molar-refractivity contribution in [3.05, 3.63) is 234 Å². The van der Waals surface area contributed by atoms with Crippen LogP contribution in [0.4, 0.5) is 17.1 Å². The number of rotatable bonds is 6. The van der Waals surface area contributed by atoms with Gasteiger partial charge in [-0.15, -0.1) is 0 Å². The Hall–Kier alpha value is -6.09. The molecule has 0 spiro atoms. The van der Waals surface area contributed by atoms with Crippen molar-refractivity contribution in [3.8, 4) is 22.3 Å². The molecular formula is C55H49NS. The second-order valence-electron chi connectivity index (χ2n) is 16.4. The van der Waals surface area contributed by atoms with Crippen LogP contribution in [-0.4, -0.2) is 0 Å². The predicted molar refractivity (Wildman–Crippen MR) is 249 cm³/mol. The molecule has 0 unspecified atom stereocenters. The van der Waals surface area contributed by atoms with E-state index in [1.165, 1.54) is 54.3 Å². The Morgan fingerprint density at radius 1 is 0.509 bits per heavy atom. The first-order valence-corrected chi connectivity index (χ1v) is 20.5. The van der Waals surface area contributed by atoms with Gasteiger partial charge in [-0.2, -0.15) is 0 Å². The summed E-state index contributed by atoms with van der Waals surface area (Å²) >= 11 is 1.84. The molecule has 6 aromatic rings. The molecule has 2 aliphatic rings. The molecular weight excluding hydrogens is 707 g/mol. The van der Waals surface area contributed by atoms with Gasteiger partial charge in [0, 0.05) is 32.3 Å². The van der Waals surface area contributed by atoms with Crippen LogP contribution in [0.15, 0.2) is 212 Å². The summed E-state index contributed by atoms with van der Waals surface area (Å²) in [6.45, 7) is 20.1. The standard InChI is InChI=1S/C55H49NS/c1-38-16-15-23-52(57-53-48-20-12-14-22-50(48)55(6,7)51(53)37-24-39(38)2)43-29-35-46(36-30-43)56(44-31-25-41(26-32-44)40-17-9-8-10-18-40)45-33-27-42(28-34-45)47-19-11-13-21-49(47)54(3,4)5/h8-37H,1-2H2,3-7H3/b16-15-,37-24-,52-23-. The van der Waals surface area contributed by atoms with Crippen molar-refractivity contribution in [1.82, 2.24) is 0 Å². The van der Waals surface area contributed by atoms with Crippen molar-refractivity contribution in [2.45, 2.75) is 45.4 Å². The van der Waals surface area contributed by atoms with E-state index < -0.39 is 0 Å². The molecule has 0 saturated carbocycles. The molecule has 0 fully saturated rings. The minimum Gasteiger partial charge on any atom is -0.311 e. The maximum atomic E-state index is 4.33. The lowest BCUT2D eigenvalue weighted by Crippen LogP contribution is -2.16. The molecule has 0 radical (unpaired) electrons. The molecule has 1 aliphatic carbocycles.